The molecule has 0 aliphatic carbocycles. The summed E-state index contributed by atoms with van der Waals surface area (Å²) in [4.78, 5) is 12.5. The fourth-order valence-electron chi connectivity index (χ4n) is 3.01. The smallest absolute Gasteiger partial charge is 0.327 e. The first-order valence-corrected chi connectivity index (χ1v) is 11.9. The summed E-state index contributed by atoms with van der Waals surface area (Å²) in [5, 5.41) is 0. The van der Waals surface area contributed by atoms with Gasteiger partial charge in [-0.15, -0.1) is 0 Å². The largest absolute Gasteiger partial charge is 0.468 e. The highest BCUT2D eigenvalue weighted by molar-refractivity contribution is 7.99. The lowest BCUT2D eigenvalue weighted by atomic mass is 10.0. The summed E-state index contributed by atoms with van der Waals surface area (Å²) in [6.45, 7) is 4.00. The summed E-state index contributed by atoms with van der Waals surface area (Å²) in [6.07, 6.45) is 0.518. The van der Waals surface area contributed by atoms with Crippen LogP contribution in [0.3, 0.4) is 0 Å². The van der Waals surface area contributed by atoms with Gasteiger partial charge >= 0.3 is 5.97 Å². The Balaban J connectivity index is 0.00000136. The maximum absolute atomic E-state index is 13.2. The molecule has 1 heterocycles. The van der Waals surface area contributed by atoms with Crippen LogP contribution < -0.4 is 4.74 Å². The van der Waals surface area contributed by atoms with Crippen LogP contribution in [0.1, 0.15) is 26.7 Å². The van der Waals surface area contributed by atoms with Crippen molar-refractivity contribution in [1.82, 2.24) is 0 Å². The number of carbonyl (C=O) groups is 1. The van der Waals surface area contributed by atoms with Crippen molar-refractivity contribution in [3.63, 3.8) is 0 Å². The Morgan fingerprint density at radius 2 is 1.46 bits per heavy atom. The van der Waals surface area contributed by atoms with Gasteiger partial charge in [-0.05, 0) is 60.7 Å². The fraction of sp³-hybridized carbons (Fsp3) is 0.381. The second kappa shape index (κ2) is 9.98. The Morgan fingerprint density at radius 3 is 2.00 bits per heavy atom. The van der Waals surface area contributed by atoms with Crippen LogP contribution in [0.2, 0.25) is 0 Å². The predicted octanol–water partition coefficient (Wildman–Crippen LogP) is 4.72. The zero-order valence-electron chi connectivity index (χ0n) is 16.4. The van der Waals surface area contributed by atoms with Crippen molar-refractivity contribution in [1.29, 1.82) is 0 Å². The number of ether oxygens (including phenoxy) is 2. The minimum atomic E-state index is -3.87. The second-order valence-electron chi connectivity index (χ2n) is 5.99. The van der Waals surface area contributed by atoms with Gasteiger partial charge in [0.15, 0.2) is 14.6 Å². The molecule has 5 nitrogen and oxygen atoms in total. The number of para-hydroxylation sites is 1. The highest BCUT2D eigenvalue weighted by Crippen LogP contribution is 2.39. The van der Waals surface area contributed by atoms with Crippen molar-refractivity contribution in [3.05, 3.63) is 54.6 Å². The van der Waals surface area contributed by atoms with Crippen molar-refractivity contribution in [2.45, 2.75) is 36.3 Å². The van der Waals surface area contributed by atoms with E-state index in [1.807, 2.05) is 44.2 Å². The molecule has 0 N–H and O–H groups in total. The molecule has 7 heteroatoms. The molecule has 0 aromatic heterocycles. The molecule has 0 radical (unpaired) electrons. The van der Waals surface area contributed by atoms with E-state index in [-0.39, 0.29) is 17.7 Å². The van der Waals surface area contributed by atoms with E-state index in [1.54, 1.807) is 23.9 Å². The minimum Gasteiger partial charge on any atom is -0.468 e. The third-order valence-electron chi connectivity index (χ3n) is 4.49. The normalized spacial score (nSPS) is 15.7. The van der Waals surface area contributed by atoms with E-state index < -0.39 is 20.6 Å². The van der Waals surface area contributed by atoms with Crippen molar-refractivity contribution < 1.29 is 22.7 Å². The molecular weight excluding hydrogens is 396 g/mol. The van der Waals surface area contributed by atoms with E-state index in [4.69, 9.17) is 9.47 Å². The number of carbonyl (C=O) groups excluding carboxylic acids is 1. The van der Waals surface area contributed by atoms with Gasteiger partial charge in [0.2, 0.25) is 0 Å². The SMILES string of the molecule is CC.COC(=O)C1(S(=O)(=O)c2ccc(Oc3ccccc3)cc2)CCSCC1. The molecule has 2 aromatic rings. The monoisotopic (exact) mass is 422 g/mol. The Labute approximate surface area is 171 Å². The molecule has 0 unspecified atom stereocenters. The molecule has 0 bridgehead atoms. The Bertz CT molecular complexity index is 855. The van der Waals surface area contributed by atoms with E-state index in [0.717, 1.165) is 0 Å². The number of benzene rings is 2. The van der Waals surface area contributed by atoms with Gasteiger partial charge in [-0.1, -0.05) is 32.0 Å². The van der Waals surface area contributed by atoms with Gasteiger partial charge in [-0.2, -0.15) is 11.8 Å². The summed E-state index contributed by atoms with van der Waals surface area (Å²) < 4.78 is 35.5. The van der Waals surface area contributed by atoms with E-state index in [2.05, 4.69) is 0 Å². The molecule has 0 spiro atoms. The van der Waals surface area contributed by atoms with Gasteiger partial charge in [0.25, 0.3) is 0 Å². The fourth-order valence-corrected chi connectivity index (χ4v) is 6.44. The van der Waals surface area contributed by atoms with Crippen LogP contribution in [0, 0.1) is 0 Å². The number of hydrogen-bond acceptors (Lipinski definition) is 6. The van der Waals surface area contributed by atoms with Gasteiger partial charge < -0.3 is 9.47 Å². The standard InChI is InChI=1S/C19H20O5S2.C2H6/c1-23-18(20)19(11-13-25-14-12-19)26(21,22)17-9-7-16(8-10-17)24-15-5-3-2-4-6-15;1-2/h2-10H,11-14H2,1H3;1-2H3. The second-order valence-corrected chi connectivity index (χ2v) is 9.47. The van der Waals surface area contributed by atoms with Gasteiger partial charge in [0, 0.05) is 0 Å². The molecule has 0 amide bonds. The molecule has 152 valence electrons. The summed E-state index contributed by atoms with van der Waals surface area (Å²) in [5.74, 6) is 1.75. The Morgan fingerprint density at radius 1 is 0.929 bits per heavy atom. The highest BCUT2D eigenvalue weighted by atomic mass is 32.2. The van der Waals surface area contributed by atoms with Crippen LogP contribution in [0.15, 0.2) is 59.5 Å². The third-order valence-corrected chi connectivity index (χ3v) is 7.97. The number of methoxy groups -OCH3 is 1. The van der Waals surface area contributed by atoms with Crippen LogP contribution in [-0.2, 0) is 19.4 Å². The zero-order chi connectivity index (χ0) is 20.6. The molecule has 3 rings (SSSR count). The lowest BCUT2D eigenvalue weighted by Gasteiger charge is -2.33. The maximum atomic E-state index is 13.2. The topological polar surface area (TPSA) is 69.7 Å². The van der Waals surface area contributed by atoms with Gasteiger partial charge in [-0.3, -0.25) is 4.79 Å². The van der Waals surface area contributed by atoms with Crippen LogP contribution in [-0.4, -0.2) is 37.7 Å². The quantitative estimate of drug-likeness (QED) is 0.650. The predicted molar refractivity (Wildman–Crippen MR) is 113 cm³/mol. The van der Waals surface area contributed by atoms with Crippen molar-refractivity contribution in [2.24, 2.45) is 0 Å². The van der Waals surface area contributed by atoms with Crippen LogP contribution in [0.5, 0.6) is 11.5 Å². The molecule has 0 saturated carbocycles. The number of sulfone groups is 1. The van der Waals surface area contributed by atoms with Crippen molar-refractivity contribution in [3.8, 4) is 11.5 Å². The summed E-state index contributed by atoms with van der Waals surface area (Å²) >= 11 is 1.65. The molecule has 1 saturated heterocycles. The van der Waals surface area contributed by atoms with E-state index in [1.165, 1.54) is 19.2 Å². The first-order valence-electron chi connectivity index (χ1n) is 9.23. The van der Waals surface area contributed by atoms with E-state index in [9.17, 15) is 13.2 Å². The molecule has 28 heavy (non-hydrogen) atoms. The van der Waals surface area contributed by atoms with Gasteiger partial charge in [0.1, 0.15) is 11.5 Å². The number of esters is 1. The van der Waals surface area contributed by atoms with Gasteiger partial charge in [-0.25, -0.2) is 8.42 Å². The summed E-state index contributed by atoms with van der Waals surface area (Å²) in [5.41, 5.74) is 0. The average Bonchev–Trinajstić information content (AvgIpc) is 2.76. The Kier molecular flexibility index (Phi) is 7.95. The zero-order valence-corrected chi connectivity index (χ0v) is 18.0. The molecular formula is C21H26O5S2. The summed E-state index contributed by atoms with van der Waals surface area (Å²) in [6, 6.07) is 15.4. The van der Waals surface area contributed by atoms with Crippen LogP contribution >= 0.6 is 11.8 Å². The van der Waals surface area contributed by atoms with Crippen molar-refractivity contribution in [2.75, 3.05) is 18.6 Å². The molecule has 1 fully saturated rings. The Hall–Kier alpha value is -1.99. The highest BCUT2D eigenvalue weighted by Gasteiger charge is 2.52. The van der Waals surface area contributed by atoms with Crippen LogP contribution in [0.25, 0.3) is 0 Å². The molecule has 1 aliphatic heterocycles. The lowest BCUT2D eigenvalue weighted by Crippen LogP contribution is -2.49. The average molecular weight is 423 g/mol. The first-order chi connectivity index (χ1) is 13.5. The maximum Gasteiger partial charge on any atom is 0.327 e. The lowest BCUT2D eigenvalue weighted by molar-refractivity contribution is -0.144. The molecule has 0 atom stereocenters. The minimum absolute atomic E-state index is 0.107. The number of thioether (sulfide) groups is 1. The molecule has 2 aromatic carbocycles. The first kappa shape index (κ1) is 22.3. The third kappa shape index (κ3) is 4.52. The van der Waals surface area contributed by atoms with E-state index >= 15 is 0 Å². The van der Waals surface area contributed by atoms with Gasteiger partial charge in [0.05, 0.1) is 12.0 Å². The molecule has 1 aliphatic rings. The van der Waals surface area contributed by atoms with Crippen molar-refractivity contribution >= 4 is 27.6 Å². The number of hydrogen-bond donors (Lipinski definition) is 0. The van der Waals surface area contributed by atoms with E-state index in [0.29, 0.717) is 23.0 Å². The summed E-state index contributed by atoms with van der Waals surface area (Å²) in [7, 11) is -2.63. The van der Waals surface area contributed by atoms with Crippen LogP contribution in [0.4, 0.5) is 0 Å². The number of rotatable bonds is 5.